The van der Waals surface area contributed by atoms with Crippen LogP contribution in [0, 0.1) is 17.8 Å². The Hall–Kier alpha value is -1.17. The molecule has 0 aliphatic heterocycles. The van der Waals surface area contributed by atoms with Gasteiger partial charge in [-0.05, 0) is 74.2 Å². The van der Waals surface area contributed by atoms with Crippen molar-refractivity contribution in [3.63, 3.8) is 0 Å². The molecule has 0 spiro atoms. The van der Waals surface area contributed by atoms with E-state index < -0.39 is 0 Å². The minimum atomic E-state index is -0.229. The van der Waals surface area contributed by atoms with Gasteiger partial charge in [0.2, 0.25) is 0 Å². The molecule has 2 heteroatoms. The summed E-state index contributed by atoms with van der Waals surface area (Å²) in [6, 6.07) is 22.5. The number of hydrogen-bond donors (Lipinski definition) is 1. The van der Waals surface area contributed by atoms with Crippen LogP contribution in [-0.2, 0) is 0 Å². The molecular formula is C33H58NP. The van der Waals surface area contributed by atoms with Crippen molar-refractivity contribution < 1.29 is 0 Å². The smallest absolute Gasteiger partial charge is 0.00489 e. The number of nitrogens with two attached hydrogens (primary N) is 1. The minimum Gasteiger partial charge on any atom is -0.330 e. The lowest BCUT2D eigenvalue weighted by Gasteiger charge is -2.33. The van der Waals surface area contributed by atoms with Crippen molar-refractivity contribution in [1.82, 2.24) is 0 Å². The average Bonchev–Trinajstić information content (AvgIpc) is 3.66. The van der Waals surface area contributed by atoms with Gasteiger partial charge in [-0.3, -0.25) is 0 Å². The van der Waals surface area contributed by atoms with Crippen LogP contribution in [0.15, 0.2) is 60.7 Å². The van der Waals surface area contributed by atoms with Gasteiger partial charge >= 0.3 is 0 Å². The van der Waals surface area contributed by atoms with E-state index in [4.69, 9.17) is 5.73 Å². The van der Waals surface area contributed by atoms with E-state index in [1.807, 2.05) is 41.5 Å². The molecule has 0 amide bonds. The van der Waals surface area contributed by atoms with E-state index in [2.05, 4.69) is 74.5 Å². The summed E-state index contributed by atoms with van der Waals surface area (Å²) in [5.74, 6) is 2.63. The summed E-state index contributed by atoms with van der Waals surface area (Å²) in [6.45, 7) is 17.7. The van der Waals surface area contributed by atoms with Crippen molar-refractivity contribution >= 4 is 18.5 Å². The van der Waals surface area contributed by atoms with Crippen LogP contribution in [0.25, 0.3) is 0 Å². The van der Waals surface area contributed by atoms with Gasteiger partial charge < -0.3 is 5.73 Å². The van der Waals surface area contributed by atoms with Crippen LogP contribution in [-0.4, -0.2) is 12.2 Å². The first kappa shape index (κ1) is 33.8. The third kappa shape index (κ3) is 11.6. The van der Waals surface area contributed by atoms with E-state index in [0.29, 0.717) is 0 Å². The molecule has 2 saturated carbocycles. The zero-order valence-corrected chi connectivity index (χ0v) is 25.4. The summed E-state index contributed by atoms with van der Waals surface area (Å²) in [5, 5.41) is 3.12. The molecule has 4 rings (SSSR count). The van der Waals surface area contributed by atoms with Gasteiger partial charge in [-0.15, -0.1) is 0 Å². The Morgan fingerprint density at radius 2 is 1.17 bits per heavy atom. The topological polar surface area (TPSA) is 26.0 Å². The fourth-order valence-corrected chi connectivity index (χ4v) is 8.53. The van der Waals surface area contributed by atoms with Gasteiger partial charge in [0.1, 0.15) is 0 Å². The molecule has 2 aromatic rings. The van der Waals surface area contributed by atoms with Gasteiger partial charge in [-0.2, -0.15) is 0 Å². The fourth-order valence-electron chi connectivity index (χ4n) is 5.21. The standard InChI is InChI=1S/C21H27P.C6H13N.3C2H6/c1-3-17(2)20-15-10-16-21(20)22(18-11-6-4-7-12-18)19-13-8-5-9-14-19;7-5-6-3-1-2-4-6;3*1-2/h4-9,11-14,17,20-21H,3,10,15-16H2,1-2H3;6H,1-5,7H2;3*1-2H3/t17-,20?,21?;;;;/m0..../s1. The summed E-state index contributed by atoms with van der Waals surface area (Å²) in [6.07, 6.45) is 11.2. The van der Waals surface area contributed by atoms with Crippen LogP contribution in [0.5, 0.6) is 0 Å². The third-order valence-corrected chi connectivity index (χ3v) is 10.1. The monoisotopic (exact) mass is 499 g/mol. The number of rotatable bonds is 6. The fraction of sp³-hybridized carbons (Fsp3) is 0.636. The predicted octanol–water partition coefficient (Wildman–Crippen LogP) is 9.55. The van der Waals surface area contributed by atoms with Crippen LogP contribution in [0.3, 0.4) is 0 Å². The van der Waals surface area contributed by atoms with Crippen molar-refractivity contribution in [2.45, 2.75) is 112 Å². The Bertz CT molecular complexity index is 641. The highest BCUT2D eigenvalue weighted by molar-refractivity contribution is 7.73. The van der Waals surface area contributed by atoms with Gasteiger partial charge in [0.15, 0.2) is 0 Å². The molecule has 1 nitrogen and oxygen atoms in total. The Morgan fingerprint density at radius 1 is 0.714 bits per heavy atom. The molecule has 0 saturated heterocycles. The molecule has 0 aromatic heterocycles. The molecular weight excluding hydrogens is 441 g/mol. The summed E-state index contributed by atoms with van der Waals surface area (Å²) in [4.78, 5) is 0. The Balaban J connectivity index is 0.000000744. The van der Waals surface area contributed by atoms with E-state index in [9.17, 15) is 0 Å². The van der Waals surface area contributed by atoms with Gasteiger partial charge in [0, 0.05) is 0 Å². The maximum atomic E-state index is 5.43. The molecule has 3 atom stereocenters. The van der Waals surface area contributed by atoms with Crippen molar-refractivity contribution in [1.29, 1.82) is 0 Å². The molecule has 2 aliphatic carbocycles. The lowest BCUT2D eigenvalue weighted by atomic mass is 9.90. The van der Waals surface area contributed by atoms with E-state index in [1.165, 1.54) is 51.4 Å². The largest absolute Gasteiger partial charge is 0.330 e. The maximum absolute atomic E-state index is 5.43. The van der Waals surface area contributed by atoms with E-state index in [0.717, 1.165) is 30.0 Å². The zero-order valence-electron chi connectivity index (χ0n) is 24.5. The number of benzene rings is 2. The molecule has 0 bridgehead atoms. The van der Waals surface area contributed by atoms with Gasteiger partial charge in [0.05, 0.1) is 0 Å². The van der Waals surface area contributed by atoms with Crippen LogP contribution in [0.4, 0.5) is 0 Å². The normalized spacial score (nSPS) is 19.6. The quantitative estimate of drug-likeness (QED) is 0.393. The van der Waals surface area contributed by atoms with Gasteiger partial charge in [-0.25, -0.2) is 0 Å². The average molecular weight is 500 g/mol. The molecule has 2 N–H and O–H groups in total. The van der Waals surface area contributed by atoms with E-state index >= 15 is 0 Å². The van der Waals surface area contributed by atoms with Crippen molar-refractivity contribution in [3.8, 4) is 0 Å². The molecule has 2 fully saturated rings. The van der Waals surface area contributed by atoms with Crippen LogP contribution in [0.2, 0.25) is 0 Å². The van der Waals surface area contributed by atoms with Crippen molar-refractivity contribution in [3.05, 3.63) is 60.7 Å². The minimum absolute atomic E-state index is 0.229. The highest BCUT2D eigenvalue weighted by atomic mass is 31.1. The van der Waals surface area contributed by atoms with Crippen molar-refractivity contribution in [2.24, 2.45) is 23.5 Å². The van der Waals surface area contributed by atoms with Crippen LogP contribution < -0.4 is 16.3 Å². The lowest BCUT2D eigenvalue weighted by molar-refractivity contribution is 0.362. The molecule has 0 heterocycles. The molecule has 35 heavy (non-hydrogen) atoms. The summed E-state index contributed by atoms with van der Waals surface area (Å²) >= 11 is 0. The van der Waals surface area contributed by atoms with E-state index in [1.54, 1.807) is 10.6 Å². The summed E-state index contributed by atoms with van der Waals surface area (Å²) in [7, 11) is -0.229. The zero-order chi connectivity index (χ0) is 26.5. The second-order valence-corrected chi connectivity index (χ2v) is 11.4. The number of hydrogen-bond acceptors (Lipinski definition) is 1. The Morgan fingerprint density at radius 3 is 1.54 bits per heavy atom. The molecule has 200 valence electrons. The second-order valence-electron chi connectivity index (χ2n) is 8.97. The first-order chi connectivity index (χ1) is 17.2. The molecule has 0 radical (unpaired) electrons. The lowest BCUT2D eigenvalue weighted by Crippen LogP contribution is -2.27. The summed E-state index contributed by atoms with van der Waals surface area (Å²) < 4.78 is 0. The van der Waals surface area contributed by atoms with Crippen LogP contribution in [0.1, 0.15) is 107 Å². The highest BCUT2D eigenvalue weighted by Crippen LogP contribution is 2.52. The first-order valence-electron chi connectivity index (χ1n) is 14.8. The van der Waals surface area contributed by atoms with Gasteiger partial charge in [0.25, 0.3) is 0 Å². The predicted molar refractivity (Wildman–Crippen MR) is 165 cm³/mol. The van der Waals surface area contributed by atoms with Crippen LogP contribution >= 0.6 is 7.92 Å². The SMILES string of the molecule is CC.CC.CC.CC[C@H](C)C1CCCC1P(c1ccccc1)c1ccccc1.NCC1CCCC1. The molecule has 2 unspecified atom stereocenters. The molecule has 2 aliphatic rings. The maximum Gasteiger partial charge on any atom is -0.00489 e. The molecule has 2 aromatic carbocycles. The third-order valence-electron chi connectivity index (χ3n) is 7.11. The Kier molecular flexibility index (Phi) is 21.3. The summed E-state index contributed by atoms with van der Waals surface area (Å²) in [5.41, 5.74) is 6.29. The van der Waals surface area contributed by atoms with E-state index in [-0.39, 0.29) is 7.92 Å². The second kappa shape index (κ2) is 22.1. The first-order valence-corrected chi connectivity index (χ1v) is 16.2. The van der Waals surface area contributed by atoms with Gasteiger partial charge in [-0.1, -0.05) is 142 Å². The highest BCUT2D eigenvalue weighted by Gasteiger charge is 2.37. The van der Waals surface area contributed by atoms with Crippen molar-refractivity contribution in [2.75, 3.05) is 6.54 Å². The Labute approximate surface area is 221 Å².